The Hall–Kier alpha value is -2.21. The number of pyridine rings is 1. The number of carboxylic acid groups (broad SMARTS) is 1. The lowest BCUT2D eigenvalue weighted by Gasteiger charge is -2.06. The highest BCUT2D eigenvalue weighted by atomic mass is 32.1. The van der Waals surface area contributed by atoms with Gasteiger partial charge in [0, 0.05) is 16.0 Å². The van der Waals surface area contributed by atoms with Gasteiger partial charge in [0.2, 0.25) is 0 Å². The summed E-state index contributed by atoms with van der Waals surface area (Å²) in [4.78, 5) is 28.9. The van der Waals surface area contributed by atoms with Gasteiger partial charge in [-0.25, -0.2) is 9.78 Å². The van der Waals surface area contributed by atoms with Crippen molar-refractivity contribution in [1.82, 2.24) is 4.98 Å². The van der Waals surface area contributed by atoms with Crippen molar-refractivity contribution >= 4 is 29.0 Å². The molecule has 1 amide bonds. The van der Waals surface area contributed by atoms with Crippen LogP contribution in [-0.2, 0) is 0 Å². The second kappa shape index (κ2) is 5.19. The topological polar surface area (TPSA) is 79.3 Å². The van der Waals surface area contributed by atoms with Crippen molar-refractivity contribution in [2.45, 2.75) is 13.8 Å². The molecule has 2 aromatic heterocycles. The highest BCUT2D eigenvalue weighted by molar-refractivity contribution is 7.12. The average Bonchev–Trinajstić information content (AvgIpc) is 2.69. The SMILES string of the molecule is Cc1cc(C(=O)Nc2ncccc2C(=O)O)c(C)s1. The van der Waals surface area contributed by atoms with Crippen LogP contribution in [0.3, 0.4) is 0 Å². The molecule has 2 heterocycles. The third-order valence-corrected chi connectivity index (χ3v) is 3.52. The zero-order valence-electron chi connectivity index (χ0n) is 10.4. The van der Waals surface area contributed by atoms with E-state index in [1.54, 1.807) is 6.07 Å². The van der Waals surface area contributed by atoms with Gasteiger partial charge in [0.15, 0.2) is 0 Å². The van der Waals surface area contributed by atoms with Crippen molar-refractivity contribution < 1.29 is 14.7 Å². The van der Waals surface area contributed by atoms with E-state index in [1.807, 2.05) is 13.8 Å². The molecular weight excluding hydrogens is 264 g/mol. The van der Waals surface area contributed by atoms with E-state index in [9.17, 15) is 9.59 Å². The number of hydrogen-bond acceptors (Lipinski definition) is 4. The first-order valence-electron chi connectivity index (χ1n) is 5.55. The Morgan fingerprint density at radius 1 is 1.32 bits per heavy atom. The maximum absolute atomic E-state index is 12.1. The summed E-state index contributed by atoms with van der Waals surface area (Å²) in [6, 6.07) is 4.69. The molecule has 0 bridgehead atoms. The van der Waals surface area contributed by atoms with Gasteiger partial charge in [0.1, 0.15) is 11.4 Å². The summed E-state index contributed by atoms with van der Waals surface area (Å²) < 4.78 is 0. The molecule has 0 aromatic carbocycles. The lowest BCUT2D eigenvalue weighted by molar-refractivity contribution is 0.0697. The van der Waals surface area contributed by atoms with E-state index < -0.39 is 5.97 Å². The van der Waals surface area contributed by atoms with Crippen LogP contribution in [0.2, 0.25) is 0 Å². The molecule has 0 saturated heterocycles. The normalized spacial score (nSPS) is 10.2. The molecule has 0 saturated carbocycles. The predicted octanol–water partition coefficient (Wildman–Crippen LogP) is 2.71. The minimum atomic E-state index is -1.12. The first-order valence-corrected chi connectivity index (χ1v) is 6.37. The van der Waals surface area contributed by atoms with Crippen LogP contribution in [0.15, 0.2) is 24.4 Å². The Balaban J connectivity index is 2.29. The number of carboxylic acids is 1. The van der Waals surface area contributed by atoms with E-state index in [-0.39, 0.29) is 17.3 Å². The van der Waals surface area contributed by atoms with Crippen LogP contribution in [0.4, 0.5) is 5.82 Å². The van der Waals surface area contributed by atoms with E-state index in [0.29, 0.717) is 5.56 Å². The van der Waals surface area contributed by atoms with Gasteiger partial charge in [-0.3, -0.25) is 4.79 Å². The van der Waals surface area contributed by atoms with E-state index >= 15 is 0 Å². The maximum atomic E-state index is 12.1. The minimum Gasteiger partial charge on any atom is -0.478 e. The van der Waals surface area contributed by atoms with Crippen molar-refractivity contribution in [3.63, 3.8) is 0 Å². The smallest absolute Gasteiger partial charge is 0.339 e. The molecule has 0 aliphatic carbocycles. The van der Waals surface area contributed by atoms with Gasteiger partial charge in [-0.1, -0.05) is 0 Å². The van der Waals surface area contributed by atoms with Crippen LogP contribution in [-0.4, -0.2) is 22.0 Å². The van der Waals surface area contributed by atoms with Crippen LogP contribution >= 0.6 is 11.3 Å². The van der Waals surface area contributed by atoms with Gasteiger partial charge in [-0.05, 0) is 32.0 Å². The lowest BCUT2D eigenvalue weighted by Crippen LogP contribution is -2.16. The van der Waals surface area contributed by atoms with Crippen LogP contribution in [0, 0.1) is 13.8 Å². The monoisotopic (exact) mass is 276 g/mol. The minimum absolute atomic E-state index is 0.0274. The Labute approximate surface area is 113 Å². The zero-order valence-corrected chi connectivity index (χ0v) is 11.2. The largest absolute Gasteiger partial charge is 0.478 e. The van der Waals surface area contributed by atoms with Crippen molar-refractivity contribution in [3.8, 4) is 0 Å². The average molecular weight is 276 g/mol. The molecule has 0 atom stereocenters. The molecule has 0 unspecified atom stereocenters. The second-order valence-corrected chi connectivity index (χ2v) is 5.45. The number of hydrogen-bond donors (Lipinski definition) is 2. The van der Waals surface area contributed by atoms with E-state index in [1.165, 1.54) is 29.7 Å². The molecule has 6 heteroatoms. The van der Waals surface area contributed by atoms with Gasteiger partial charge in [0.25, 0.3) is 5.91 Å². The number of aromatic nitrogens is 1. The number of anilines is 1. The number of thiophene rings is 1. The third kappa shape index (κ3) is 2.79. The number of carbonyl (C=O) groups is 2. The highest BCUT2D eigenvalue weighted by Gasteiger charge is 2.16. The van der Waals surface area contributed by atoms with E-state index in [2.05, 4.69) is 10.3 Å². The predicted molar refractivity (Wildman–Crippen MR) is 72.9 cm³/mol. The Bertz CT molecular complexity index is 649. The summed E-state index contributed by atoms with van der Waals surface area (Å²) >= 11 is 1.52. The summed E-state index contributed by atoms with van der Waals surface area (Å²) in [6.07, 6.45) is 1.44. The summed E-state index contributed by atoms with van der Waals surface area (Å²) in [5.41, 5.74) is 0.518. The summed E-state index contributed by atoms with van der Waals surface area (Å²) in [6.45, 7) is 3.76. The van der Waals surface area contributed by atoms with Crippen molar-refractivity contribution in [3.05, 3.63) is 45.3 Å². The Kier molecular flexibility index (Phi) is 3.62. The van der Waals surface area contributed by atoms with Gasteiger partial charge in [0.05, 0.1) is 5.56 Å². The highest BCUT2D eigenvalue weighted by Crippen LogP contribution is 2.22. The van der Waals surface area contributed by atoms with Crippen molar-refractivity contribution in [2.75, 3.05) is 5.32 Å². The second-order valence-electron chi connectivity index (χ2n) is 3.99. The molecule has 0 fully saturated rings. The number of amides is 1. The summed E-state index contributed by atoms with van der Waals surface area (Å²) in [7, 11) is 0. The van der Waals surface area contributed by atoms with Gasteiger partial charge < -0.3 is 10.4 Å². The van der Waals surface area contributed by atoms with Crippen LogP contribution in [0.1, 0.15) is 30.5 Å². The molecular formula is C13H12N2O3S. The molecule has 0 spiro atoms. The van der Waals surface area contributed by atoms with Gasteiger partial charge in [-0.2, -0.15) is 0 Å². The number of nitrogens with zero attached hydrogens (tertiary/aromatic N) is 1. The number of aromatic carboxylic acids is 1. The quantitative estimate of drug-likeness (QED) is 0.903. The summed E-state index contributed by atoms with van der Waals surface area (Å²) in [5, 5.41) is 11.6. The van der Waals surface area contributed by atoms with Crippen molar-refractivity contribution in [1.29, 1.82) is 0 Å². The Morgan fingerprint density at radius 2 is 2.05 bits per heavy atom. The first-order chi connectivity index (χ1) is 8.99. The Morgan fingerprint density at radius 3 is 2.63 bits per heavy atom. The summed E-state index contributed by atoms with van der Waals surface area (Å²) in [5.74, 6) is -1.41. The van der Waals surface area contributed by atoms with Crippen molar-refractivity contribution in [2.24, 2.45) is 0 Å². The molecule has 2 rings (SSSR count). The van der Waals surface area contributed by atoms with Gasteiger partial charge in [-0.15, -0.1) is 11.3 Å². The van der Waals surface area contributed by atoms with E-state index in [0.717, 1.165) is 9.75 Å². The molecule has 2 aromatic rings. The van der Waals surface area contributed by atoms with E-state index in [4.69, 9.17) is 5.11 Å². The molecule has 0 radical (unpaired) electrons. The molecule has 0 aliphatic heterocycles. The molecule has 2 N–H and O–H groups in total. The number of nitrogens with one attached hydrogen (secondary N) is 1. The number of carbonyl (C=O) groups excluding carboxylic acids is 1. The van der Waals surface area contributed by atoms with Crippen LogP contribution < -0.4 is 5.32 Å². The third-order valence-electron chi connectivity index (χ3n) is 2.56. The molecule has 5 nitrogen and oxygen atoms in total. The maximum Gasteiger partial charge on any atom is 0.339 e. The fourth-order valence-corrected chi connectivity index (χ4v) is 2.63. The fraction of sp³-hybridized carbons (Fsp3) is 0.154. The van der Waals surface area contributed by atoms with Gasteiger partial charge >= 0.3 is 5.97 Å². The molecule has 98 valence electrons. The fourth-order valence-electron chi connectivity index (χ4n) is 1.71. The molecule has 19 heavy (non-hydrogen) atoms. The lowest BCUT2D eigenvalue weighted by atomic mass is 10.2. The number of rotatable bonds is 3. The number of aryl methyl sites for hydroxylation is 2. The van der Waals surface area contributed by atoms with Crippen LogP contribution in [0.25, 0.3) is 0 Å². The molecule has 0 aliphatic rings. The first kappa shape index (κ1) is 13.2. The zero-order chi connectivity index (χ0) is 14.0. The van der Waals surface area contributed by atoms with Crippen LogP contribution in [0.5, 0.6) is 0 Å². The standard InChI is InChI=1S/C13H12N2O3S/c1-7-6-10(8(2)19-7)12(16)15-11-9(13(17)18)4-3-5-14-11/h3-6H,1-2H3,(H,17,18)(H,14,15,16).